The molecule has 3 aromatic carbocycles. The molecule has 0 heterocycles. The summed E-state index contributed by atoms with van der Waals surface area (Å²) in [5.74, 6) is 0. The normalized spacial score (nSPS) is 11.7. The van der Waals surface area contributed by atoms with Gasteiger partial charge in [-0.3, -0.25) is 4.90 Å². The lowest BCUT2D eigenvalue weighted by Crippen LogP contribution is -2.50. The van der Waals surface area contributed by atoms with Crippen LogP contribution in [0.15, 0.2) is 72.8 Å². The molecule has 0 amide bonds. The van der Waals surface area contributed by atoms with E-state index in [4.69, 9.17) is 0 Å². The number of anilines is 3. The van der Waals surface area contributed by atoms with Crippen LogP contribution in [-0.4, -0.2) is 57.3 Å². The van der Waals surface area contributed by atoms with Gasteiger partial charge in [0.05, 0.1) is 22.6 Å². The third-order valence-corrected chi connectivity index (χ3v) is 11.6. The molecule has 0 N–H and O–H groups in total. The van der Waals surface area contributed by atoms with Crippen LogP contribution in [0.4, 0.5) is 17.1 Å². The molecule has 4 heteroatoms. The van der Waals surface area contributed by atoms with Crippen LogP contribution in [0.5, 0.6) is 0 Å². The number of hydrogen-bond donors (Lipinski definition) is 0. The summed E-state index contributed by atoms with van der Waals surface area (Å²) >= 11 is 0. The zero-order valence-corrected chi connectivity index (χ0v) is 37.2. The van der Waals surface area contributed by atoms with Crippen LogP contribution in [0.2, 0.25) is 0 Å². The van der Waals surface area contributed by atoms with Crippen molar-refractivity contribution in [2.24, 2.45) is 0 Å². The second-order valence-electron chi connectivity index (χ2n) is 16.0. The Morgan fingerprint density at radius 2 is 0.673 bits per heavy atom. The third-order valence-electron chi connectivity index (χ3n) is 11.6. The lowest BCUT2D eigenvalue weighted by Gasteiger charge is -2.49. The van der Waals surface area contributed by atoms with Crippen molar-refractivity contribution >= 4 is 17.1 Å². The Morgan fingerprint density at radius 3 is 1.04 bits per heavy atom. The van der Waals surface area contributed by atoms with Crippen LogP contribution in [-0.2, 0) is 5.54 Å². The average Bonchev–Trinajstić information content (AvgIpc) is 3.23. The highest BCUT2D eigenvalue weighted by atomic mass is 15.3. The molecule has 0 aliphatic rings. The zero-order valence-electron chi connectivity index (χ0n) is 37.2. The minimum Gasteiger partial charge on any atom is -0.370 e. The summed E-state index contributed by atoms with van der Waals surface area (Å²) in [6, 6.07) is 28.6. The van der Waals surface area contributed by atoms with Crippen molar-refractivity contribution < 1.29 is 0 Å². The van der Waals surface area contributed by atoms with Crippen LogP contribution >= 0.6 is 0 Å². The minimum atomic E-state index is -0.453. The molecule has 0 saturated carbocycles. The summed E-state index contributed by atoms with van der Waals surface area (Å²) in [7, 11) is 0. The van der Waals surface area contributed by atoms with E-state index in [-0.39, 0.29) is 0 Å². The molecule has 0 aromatic heterocycles. The fourth-order valence-electron chi connectivity index (χ4n) is 8.38. The van der Waals surface area contributed by atoms with Gasteiger partial charge in [0, 0.05) is 44.8 Å². The van der Waals surface area contributed by atoms with Crippen LogP contribution in [0, 0.1) is 0 Å². The van der Waals surface area contributed by atoms with Gasteiger partial charge in [-0.25, -0.2) is 0 Å². The molecule has 0 radical (unpaired) electrons. The molecule has 0 unspecified atom stereocenters. The van der Waals surface area contributed by atoms with Crippen molar-refractivity contribution in [1.29, 1.82) is 0 Å². The molecule has 55 heavy (non-hydrogen) atoms. The summed E-state index contributed by atoms with van der Waals surface area (Å²) in [6.45, 7) is 27.7. The summed E-state index contributed by atoms with van der Waals surface area (Å²) < 4.78 is 0. The summed E-state index contributed by atoms with van der Waals surface area (Å²) in [4.78, 5) is 11.5. The second-order valence-corrected chi connectivity index (χ2v) is 16.0. The van der Waals surface area contributed by atoms with Gasteiger partial charge in [0.1, 0.15) is 0 Å². The Labute approximate surface area is 341 Å². The summed E-state index contributed by atoms with van der Waals surface area (Å²) in [6.07, 6.45) is 19.2. The van der Waals surface area contributed by atoms with E-state index in [1.807, 2.05) is 0 Å². The highest BCUT2D eigenvalue weighted by Crippen LogP contribution is 2.52. The predicted molar refractivity (Wildman–Crippen MR) is 247 cm³/mol. The first kappa shape index (κ1) is 46.4. The molecule has 3 aromatic rings. The molecule has 4 nitrogen and oxygen atoms in total. The third kappa shape index (κ3) is 12.8. The Bertz CT molecular complexity index is 1320. The predicted octanol–water partition coefficient (Wildman–Crippen LogP) is 14.1. The Kier molecular flexibility index (Phi) is 22.6. The molecule has 0 bridgehead atoms. The molecule has 0 aliphatic heterocycles. The van der Waals surface area contributed by atoms with Gasteiger partial charge in [0.25, 0.3) is 0 Å². The molecule has 0 aliphatic carbocycles. The first-order valence-corrected chi connectivity index (χ1v) is 23.3. The molecule has 0 saturated heterocycles. The monoisotopic (exact) mass is 753 g/mol. The van der Waals surface area contributed by atoms with Crippen LogP contribution < -0.4 is 14.7 Å². The van der Waals surface area contributed by atoms with Gasteiger partial charge in [-0.15, -0.1) is 0 Å². The van der Waals surface area contributed by atoms with Gasteiger partial charge >= 0.3 is 0 Å². The first-order chi connectivity index (χ1) is 27.0. The fourth-order valence-corrected chi connectivity index (χ4v) is 8.38. The van der Waals surface area contributed by atoms with Crippen molar-refractivity contribution in [3.63, 3.8) is 0 Å². The Morgan fingerprint density at radius 1 is 0.345 bits per heavy atom. The highest BCUT2D eigenvalue weighted by molar-refractivity contribution is 5.89. The quantitative estimate of drug-likeness (QED) is 0.0607. The minimum absolute atomic E-state index is 0.453. The number of rotatable bonds is 31. The molecular formula is C51H84N4. The highest BCUT2D eigenvalue weighted by Gasteiger charge is 2.45. The van der Waals surface area contributed by atoms with Crippen molar-refractivity contribution in [2.75, 3.05) is 67.1 Å². The van der Waals surface area contributed by atoms with Gasteiger partial charge in [-0.05, 0) is 81.6 Å². The molecule has 0 atom stereocenters. The SMILES string of the molecule is CCCCN(CCCC)c1ccc(C(c2ccccc2)(c2ccccc2)N(CCCC)CCCC)c(N(CCCC)CCCC)c1N(CCCC)CCCC. The maximum atomic E-state index is 2.92. The van der Waals surface area contributed by atoms with E-state index in [9.17, 15) is 0 Å². The summed E-state index contributed by atoms with van der Waals surface area (Å²) in [5.41, 5.74) is 8.30. The molecule has 0 spiro atoms. The molecule has 308 valence electrons. The number of nitrogens with zero attached hydrogens (tertiary/aromatic N) is 4. The van der Waals surface area contributed by atoms with Crippen LogP contribution in [0.1, 0.15) is 175 Å². The van der Waals surface area contributed by atoms with Crippen molar-refractivity contribution in [2.45, 2.75) is 164 Å². The molecule has 3 rings (SSSR count). The van der Waals surface area contributed by atoms with E-state index in [1.165, 1.54) is 136 Å². The van der Waals surface area contributed by atoms with E-state index in [1.54, 1.807) is 0 Å². The Balaban J connectivity index is 2.74. The maximum absolute atomic E-state index is 2.92. The zero-order chi connectivity index (χ0) is 39.7. The van der Waals surface area contributed by atoms with Crippen molar-refractivity contribution in [3.05, 3.63) is 89.5 Å². The maximum Gasteiger partial charge on any atom is 0.0993 e. The number of benzene rings is 3. The van der Waals surface area contributed by atoms with E-state index in [0.29, 0.717) is 0 Å². The lowest BCUT2D eigenvalue weighted by molar-refractivity contribution is 0.152. The Hall–Kier alpha value is -2.98. The number of unbranched alkanes of at least 4 members (excludes halogenated alkanes) is 8. The van der Waals surface area contributed by atoms with Gasteiger partial charge in [-0.1, -0.05) is 173 Å². The topological polar surface area (TPSA) is 13.0 Å². The van der Waals surface area contributed by atoms with Gasteiger partial charge in [-0.2, -0.15) is 0 Å². The van der Waals surface area contributed by atoms with Crippen LogP contribution in [0.3, 0.4) is 0 Å². The smallest absolute Gasteiger partial charge is 0.0993 e. The second kappa shape index (κ2) is 26.8. The summed E-state index contributed by atoms with van der Waals surface area (Å²) in [5, 5.41) is 0. The van der Waals surface area contributed by atoms with Gasteiger partial charge < -0.3 is 14.7 Å². The fraction of sp³-hybridized carbons (Fsp3) is 0.647. The lowest BCUT2D eigenvalue weighted by atomic mass is 9.73. The number of hydrogen-bond acceptors (Lipinski definition) is 4. The average molecular weight is 753 g/mol. The van der Waals surface area contributed by atoms with E-state index in [2.05, 4.69) is 148 Å². The largest absolute Gasteiger partial charge is 0.370 e. The van der Waals surface area contributed by atoms with E-state index < -0.39 is 5.54 Å². The molecular weight excluding hydrogens is 669 g/mol. The first-order valence-electron chi connectivity index (χ1n) is 23.3. The van der Waals surface area contributed by atoms with E-state index in [0.717, 1.165) is 52.4 Å². The molecule has 0 fully saturated rings. The standard InChI is InChI=1S/C51H84N4/c1-9-17-37-52(38-18-10-2)48-36-35-47(49(53(39-19-11-3)40-20-12-4)50(48)54(41-21-13-5)42-22-14-6)51(45-31-27-25-28-32-45,46-33-29-26-30-34-46)55(43-23-15-7)44-24-16-8/h25-36H,9-24,37-44H2,1-8H3. The van der Waals surface area contributed by atoms with Crippen molar-refractivity contribution in [3.8, 4) is 0 Å². The van der Waals surface area contributed by atoms with Gasteiger partial charge in [0.15, 0.2) is 0 Å². The van der Waals surface area contributed by atoms with Crippen LogP contribution in [0.25, 0.3) is 0 Å². The van der Waals surface area contributed by atoms with Crippen molar-refractivity contribution in [1.82, 2.24) is 4.90 Å². The van der Waals surface area contributed by atoms with E-state index >= 15 is 0 Å². The van der Waals surface area contributed by atoms with Gasteiger partial charge in [0.2, 0.25) is 0 Å².